The van der Waals surface area contributed by atoms with Crippen LogP contribution < -0.4 is 0 Å². The van der Waals surface area contributed by atoms with E-state index in [0.29, 0.717) is 13.2 Å². The van der Waals surface area contributed by atoms with E-state index >= 15 is 0 Å². The summed E-state index contributed by atoms with van der Waals surface area (Å²) in [6.45, 7) is 4.36. The Kier molecular flexibility index (Phi) is 5.60. The van der Waals surface area contributed by atoms with Crippen molar-refractivity contribution in [2.75, 3.05) is 40.3 Å². The zero-order valence-corrected chi connectivity index (χ0v) is 14.9. The van der Waals surface area contributed by atoms with Crippen LogP contribution in [0.15, 0.2) is 30.3 Å². The Morgan fingerprint density at radius 3 is 2.79 bits per heavy atom. The summed E-state index contributed by atoms with van der Waals surface area (Å²) in [5, 5.41) is 8.64. The lowest BCUT2D eigenvalue weighted by molar-refractivity contribution is 0.0400. The van der Waals surface area contributed by atoms with E-state index < -0.39 is 0 Å². The van der Waals surface area contributed by atoms with Crippen molar-refractivity contribution in [3.8, 4) is 0 Å². The maximum absolute atomic E-state index is 6.03. The van der Waals surface area contributed by atoms with Gasteiger partial charge in [0.15, 0.2) is 0 Å². The van der Waals surface area contributed by atoms with Gasteiger partial charge in [0, 0.05) is 33.1 Å². The molecule has 130 valence electrons. The Hall–Kier alpha value is -1.76. The minimum absolute atomic E-state index is 0.186. The molecule has 0 aliphatic carbocycles. The number of nitrogens with zero attached hydrogens (tertiary/aromatic N) is 5. The molecule has 0 fully saturated rings. The van der Waals surface area contributed by atoms with Crippen molar-refractivity contribution in [1.82, 2.24) is 24.8 Å². The molecule has 1 aromatic heterocycles. The van der Waals surface area contributed by atoms with Crippen LogP contribution in [-0.2, 0) is 24.8 Å². The van der Waals surface area contributed by atoms with E-state index in [9.17, 15) is 0 Å². The van der Waals surface area contributed by atoms with Crippen molar-refractivity contribution in [2.45, 2.75) is 19.1 Å². The van der Waals surface area contributed by atoms with Crippen LogP contribution in [0, 0.1) is 0 Å². The van der Waals surface area contributed by atoms with Gasteiger partial charge in [0.05, 0.1) is 24.9 Å². The van der Waals surface area contributed by atoms with E-state index in [2.05, 4.69) is 46.3 Å². The third-order valence-corrected chi connectivity index (χ3v) is 4.59. The molecular formula is C18H27N5O. The van der Waals surface area contributed by atoms with Crippen LogP contribution in [-0.4, -0.2) is 65.1 Å². The predicted octanol–water partition coefficient (Wildman–Crippen LogP) is 1.49. The van der Waals surface area contributed by atoms with Gasteiger partial charge in [0.1, 0.15) is 5.69 Å². The van der Waals surface area contributed by atoms with Crippen LogP contribution in [0.25, 0.3) is 0 Å². The fourth-order valence-corrected chi connectivity index (χ4v) is 3.16. The molecule has 0 amide bonds. The molecule has 0 saturated heterocycles. The molecule has 0 N–H and O–H groups in total. The fourth-order valence-electron chi connectivity index (χ4n) is 3.16. The second kappa shape index (κ2) is 7.88. The molecule has 3 rings (SSSR count). The molecule has 0 bridgehead atoms. The number of ether oxygens (including phenoxy) is 1. The molecule has 6 nitrogen and oxygen atoms in total. The third kappa shape index (κ3) is 4.01. The van der Waals surface area contributed by atoms with Gasteiger partial charge in [0.25, 0.3) is 0 Å². The Morgan fingerprint density at radius 1 is 1.25 bits per heavy atom. The average molecular weight is 329 g/mol. The first kappa shape index (κ1) is 17.1. The summed E-state index contributed by atoms with van der Waals surface area (Å²) in [7, 11) is 6.19. The summed E-state index contributed by atoms with van der Waals surface area (Å²) in [6, 6.07) is 10.5. The topological polar surface area (TPSA) is 46.4 Å². The molecule has 2 heterocycles. The number of likely N-dealkylation sites (N-methyl/N-ethyl adjacent to an activating group) is 1. The van der Waals surface area contributed by atoms with Crippen molar-refractivity contribution in [3.63, 3.8) is 0 Å². The number of hydrogen-bond acceptors (Lipinski definition) is 5. The van der Waals surface area contributed by atoms with Gasteiger partial charge in [-0.05, 0) is 19.7 Å². The zero-order chi connectivity index (χ0) is 16.9. The standard InChI is InChI=1S/C18H27N5O/c1-21(2)11-12-23-10-9-16-18(19-20-22(16)3)17(23)14-24-13-15-7-5-4-6-8-15/h4-8,17H,9-14H2,1-3H3/t17-/m0/s1. The molecule has 0 radical (unpaired) electrons. The lowest BCUT2D eigenvalue weighted by Crippen LogP contribution is -2.41. The highest BCUT2D eigenvalue weighted by atomic mass is 16.5. The fraction of sp³-hybridized carbons (Fsp3) is 0.556. The lowest BCUT2D eigenvalue weighted by Gasteiger charge is -2.35. The van der Waals surface area contributed by atoms with Gasteiger partial charge in [-0.25, -0.2) is 0 Å². The summed E-state index contributed by atoms with van der Waals surface area (Å²) < 4.78 is 7.94. The van der Waals surface area contributed by atoms with Crippen LogP contribution in [0.5, 0.6) is 0 Å². The summed E-state index contributed by atoms with van der Waals surface area (Å²) in [4.78, 5) is 4.69. The maximum atomic E-state index is 6.03. The molecule has 0 saturated carbocycles. The van der Waals surface area contributed by atoms with Crippen LogP contribution >= 0.6 is 0 Å². The van der Waals surface area contributed by atoms with E-state index in [1.807, 2.05) is 29.9 Å². The molecule has 0 spiro atoms. The van der Waals surface area contributed by atoms with E-state index in [0.717, 1.165) is 31.7 Å². The highest BCUT2D eigenvalue weighted by molar-refractivity contribution is 5.19. The SMILES string of the molecule is CN(C)CCN1CCc2c(nnn2C)[C@@H]1COCc1ccccc1. The Labute approximate surface area is 144 Å². The van der Waals surface area contributed by atoms with Crippen molar-refractivity contribution < 1.29 is 4.74 Å². The summed E-state index contributed by atoms with van der Waals surface area (Å²) in [5.41, 5.74) is 3.52. The van der Waals surface area contributed by atoms with E-state index in [1.54, 1.807) is 0 Å². The van der Waals surface area contributed by atoms with Crippen LogP contribution in [0.4, 0.5) is 0 Å². The molecule has 1 aliphatic rings. The lowest BCUT2D eigenvalue weighted by atomic mass is 10.0. The first-order valence-electron chi connectivity index (χ1n) is 8.54. The van der Waals surface area contributed by atoms with Gasteiger partial charge in [-0.15, -0.1) is 5.10 Å². The van der Waals surface area contributed by atoms with Crippen molar-refractivity contribution in [3.05, 3.63) is 47.3 Å². The minimum atomic E-state index is 0.186. The maximum Gasteiger partial charge on any atom is 0.105 e. The summed E-state index contributed by atoms with van der Waals surface area (Å²) >= 11 is 0. The van der Waals surface area contributed by atoms with Gasteiger partial charge in [0.2, 0.25) is 0 Å². The first-order valence-corrected chi connectivity index (χ1v) is 8.54. The van der Waals surface area contributed by atoms with Crippen LogP contribution in [0.1, 0.15) is 23.0 Å². The average Bonchev–Trinajstić information content (AvgIpc) is 2.96. The van der Waals surface area contributed by atoms with Crippen LogP contribution in [0.2, 0.25) is 0 Å². The van der Waals surface area contributed by atoms with Gasteiger partial charge < -0.3 is 9.64 Å². The third-order valence-electron chi connectivity index (χ3n) is 4.59. The van der Waals surface area contributed by atoms with E-state index in [-0.39, 0.29) is 6.04 Å². The van der Waals surface area contributed by atoms with E-state index in [1.165, 1.54) is 11.3 Å². The predicted molar refractivity (Wildman–Crippen MR) is 93.7 cm³/mol. The number of aryl methyl sites for hydroxylation is 1. The molecular weight excluding hydrogens is 302 g/mol. The number of rotatable bonds is 7. The van der Waals surface area contributed by atoms with Gasteiger partial charge >= 0.3 is 0 Å². The smallest absolute Gasteiger partial charge is 0.105 e. The summed E-state index contributed by atoms with van der Waals surface area (Å²) in [5.74, 6) is 0. The molecule has 0 unspecified atom stereocenters. The second-order valence-electron chi connectivity index (χ2n) is 6.65. The normalized spacial score (nSPS) is 18.1. The molecule has 6 heteroatoms. The zero-order valence-electron chi connectivity index (χ0n) is 14.9. The Morgan fingerprint density at radius 2 is 2.04 bits per heavy atom. The van der Waals surface area contributed by atoms with Gasteiger partial charge in [-0.2, -0.15) is 0 Å². The highest BCUT2D eigenvalue weighted by Crippen LogP contribution is 2.28. The van der Waals surface area contributed by atoms with Gasteiger partial charge in [-0.3, -0.25) is 9.58 Å². The Bertz CT molecular complexity index is 640. The highest BCUT2D eigenvalue weighted by Gasteiger charge is 2.31. The molecule has 1 aromatic carbocycles. The quantitative estimate of drug-likeness (QED) is 0.770. The largest absolute Gasteiger partial charge is 0.375 e. The second-order valence-corrected chi connectivity index (χ2v) is 6.65. The molecule has 1 atom stereocenters. The first-order chi connectivity index (χ1) is 11.6. The Balaban J connectivity index is 1.67. The number of aromatic nitrogens is 3. The summed E-state index contributed by atoms with van der Waals surface area (Å²) in [6.07, 6.45) is 1.00. The number of benzene rings is 1. The van der Waals surface area contributed by atoms with Crippen molar-refractivity contribution in [1.29, 1.82) is 0 Å². The monoisotopic (exact) mass is 329 g/mol. The number of fused-ring (bicyclic) bond motifs is 1. The molecule has 1 aliphatic heterocycles. The molecule has 2 aromatic rings. The van der Waals surface area contributed by atoms with Crippen molar-refractivity contribution >= 4 is 0 Å². The molecule has 24 heavy (non-hydrogen) atoms. The van der Waals surface area contributed by atoms with Crippen molar-refractivity contribution in [2.24, 2.45) is 7.05 Å². The van der Waals surface area contributed by atoms with Gasteiger partial charge in [-0.1, -0.05) is 35.5 Å². The van der Waals surface area contributed by atoms with E-state index in [4.69, 9.17) is 4.74 Å². The van der Waals surface area contributed by atoms with Crippen LogP contribution in [0.3, 0.4) is 0 Å². The minimum Gasteiger partial charge on any atom is -0.375 e. The number of hydrogen-bond donors (Lipinski definition) is 0.